The number of nitrogens with zero attached hydrogens (tertiary/aromatic N) is 2. The zero-order valence-electron chi connectivity index (χ0n) is 18.7. The van der Waals surface area contributed by atoms with E-state index in [1.54, 1.807) is 60.4 Å². The Hall–Kier alpha value is -4.33. The van der Waals surface area contributed by atoms with Crippen molar-refractivity contribution in [1.29, 1.82) is 0 Å². The van der Waals surface area contributed by atoms with Crippen molar-refractivity contribution in [2.45, 2.75) is 25.9 Å². The van der Waals surface area contributed by atoms with Crippen molar-refractivity contribution in [3.63, 3.8) is 0 Å². The Labute approximate surface area is 196 Å². The minimum atomic E-state index is -0.392. The smallest absolute Gasteiger partial charge is 0.291 e. The molecule has 2 heterocycles. The molecule has 2 aromatic carbocycles. The summed E-state index contributed by atoms with van der Waals surface area (Å²) in [5.41, 5.74) is 4.11. The third-order valence-electron chi connectivity index (χ3n) is 5.66. The molecule has 8 heteroatoms. The molecule has 5 rings (SSSR count). The van der Waals surface area contributed by atoms with E-state index in [4.69, 9.17) is 9.15 Å². The van der Waals surface area contributed by atoms with Crippen LogP contribution in [0.15, 0.2) is 71.3 Å². The van der Waals surface area contributed by atoms with Crippen molar-refractivity contribution in [3.05, 3.63) is 95.2 Å². The first-order chi connectivity index (χ1) is 16.5. The van der Waals surface area contributed by atoms with Gasteiger partial charge in [-0.05, 0) is 78.9 Å². The molecule has 4 aromatic rings. The highest BCUT2D eigenvalue weighted by atomic mass is 16.5. The summed E-state index contributed by atoms with van der Waals surface area (Å²) >= 11 is 0. The van der Waals surface area contributed by atoms with Gasteiger partial charge in [0.1, 0.15) is 18.1 Å². The first-order valence-corrected chi connectivity index (χ1v) is 11.1. The fraction of sp³-hybridized carbons (Fsp3) is 0.192. The van der Waals surface area contributed by atoms with Crippen molar-refractivity contribution < 1.29 is 18.7 Å². The van der Waals surface area contributed by atoms with Crippen LogP contribution in [0.25, 0.3) is 0 Å². The molecule has 1 aliphatic carbocycles. The monoisotopic (exact) mass is 456 g/mol. The summed E-state index contributed by atoms with van der Waals surface area (Å²) in [6.07, 6.45) is 5.10. The van der Waals surface area contributed by atoms with E-state index >= 15 is 0 Å². The summed E-state index contributed by atoms with van der Waals surface area (Å²) in [6, 6.07) is 18.0. The number of hydrogen-bond donors (Lipinski definition) is 2. The molecule has 34 heavy (non-hydrogen) atoms. The number of ether oxygens (including phenoxy) is 1. The van der Waals surface area contributed by atoms with Crippen molar-refractivity contribution in [3.8, 4) is 5.75 Å². The van der Waals surface area contributed by atoms with Gasteiger partial charge in [-0.15, -0.1) is 0 Å². The van der Waals surface area contributed by atoms with E-state index in [1.807, 2.05) is 6.07 Å². The number of nitrogens with one attached hydrogen (secondary N) is 2. The van der Waals surface area contributed by atoms with Crippen molar-refractivity contribution in [2.24, 2.45) is 7.05 Å². The van der Waals surface area contributed by atoms with Gasteiger partial charge in [0, 0.05) is 24.6 Å². The van der Waals surface area contributed by atoms with E-state index in [1.165, 1.54) is 17.5 Å². The fourth-order valence-electron chi connectivity index (χ4n) is 3.97. The van der Waals surface area contributed by atoms with Gasteiger partial charge in [0.05, 0.1) is 0 Å². The molecule has 2 N–H and O–H groups in total. The number of benzene rings is 2. The van der Waals surface area contributed by atoms with Gasteiger partial charge in [0.15, 0.2) is 11.5 Å². The van der Waals surface area contributed by atoms with Crippen LogP contribution in [0.3, 0.4) is 0 Å². The number of amides is 2. The van der Waals surface area contributed by atoms with Gasteiger partial charge in [-0.1, -0.05) is 12.1 Å². The van der Waals surface area contributed by atoms with E-state index in [-0.39, 0.29) is 18.3 Å². The molecule has 0 aliphatic heterocycles. The molecule has 1 aliphatic rings. The van der Waals surface area contributed by atoms with Crippen LogP contribution in [0.4, 0.5) is 11.4 Å². The topological polar surface area (TPSA) is 98.4 Å². The summed E-state index contributed by atoms with van der Waals surface area (Å²) in [6.45, 7) is 0.237. The number of aryl methyl sites for hydroxylation is 3. The van der Waals surface area contributed by atoms with Crippen LogP contribution in [-0.4, -0.2) is 21.6 Å². The van der Waals surface area contributed by atoms with Gasteiger partial charge in [-0.3, -0.25) is 14.3 Å². The molecule has 0 bridgehead atoms. The van der Waals surface area contributed by atoms with Gasteiger partial charge < -0.3 is 19.8 Å². The lowest BCUT2D eigenvalue weighted by Crippen LogP contribution is -2.14. The maximum Gasteiger partial charge on any atom is 0.291 e. The number of furan rings is 1. The second-order valence-corrected chi connectivity index (χ2v) is 8.20. The molecule has 8 nitrogen and oxygen atoms in total. The Balaban J connectivity index is 1.18. The predicted molar refractivity (Wildman–Crippen MR) is 127 cm³/mol. The zero-order valence-corrected chi connectivity index (χ0v) is 18.7. The zero-order chi connectivity index (χ0) is 23.5. The molecule has 0 saturated carbocycles. The second kappa shape index (κ2) is 9.27. The van der Waals surface area contributed by atoms with E-state index in [9.17, 15) is 9.59 Å². The number of carbonyl (C=O) groups is 2. The maximum atomic E-state index is 12.6. The summed E-state index contributed by atoms with van der Waals surface area (Å²) in [5.74, 6) is 0.810. The van der Waals surface area contributed by atoms with Crippen molar-refractivity contribution in [1.82, 2.24) is 9.78 Å². The van der Waals surface area contributed by atoms with E-state index in [0.29, 0.717) is 22.8 Å². The van der Waals surface area contributed by atoms with Crippen molar-refractivity contribution >= 4 is 23.2 Å². The number of fused-ring (bicyclic) bond motifs is 1. The van der Waals surface area contributed by atoms with Crippen LogP contribution < -0.4 is 15.4 Å². The third-order valence-corrected chi connectivity index (χ3v) is 5.66. The standard InChI is InChI=1S/C26H24N4O4/c1-30-13-12-23(29-30)25(31)27-19-6-3-7-20(15-19)28-26(32)24-11-10-22(34-24)16-33-21-9-8-17-4-2-5-18(17)14-21/h3,6-15H,2,4-5,16H2,1H3,(H,27,31)(H,28,32). The molecule has 0 radical (unpaired) electrons. The maximum absolute atomic E-state index is 12.6. The highest BCUT2D eigenvalue weighted by Crippen LogP contribution is 2.26. The molecule has 0 atom stereocenters. The normalized spacial score (nSPS) is 12.3. The second-order valence-electron chi connectivity index (χ2n) is 8.20. The van der Waals surface area contributed by atoms with E-state index in [2.05, 4.69) is 27.9 Å². The van der Waals surface area contributed by atoms with Gasteiger partial charge in [0.2, 0.25) is 0 Å². The number of aromatic nitrogens is 2. The first kappa shape index (κ1) is 21.5. The number of carbonyl (C=O) groups excluding carboxylic acids is 2. The van der Waals surface area contributed by atoms with Gasteiger partial charge in [-0.25, -0.2) is 0 Å². The van der Waals surface area contributed by atoms with E-state index < -0.39 is 5.91 Å². The van der Waals surface area contributed by atoms with Crippen LogP contribution in [0.2, 0.25) is 0 Å². The molecule has 2 aromatic heterocycles. The average Bonchev–Trinajstić information content (AvgIpc) is 3.58. The predicted octanol–water partition coefficient (Wildman–Crippen LogP) is 4.59. The lowest BCUT2D eigenvalue weighted by molar-refractivity contribution is 0.0991. The number of anilines is 2. The van der Waals surface area contributed by atoms with Crippen LogP contribution >= 0.6 is 0 Å². The van der Waals surface area contributed by atoms with Gasteiger partial charge in [-0.2, -0.15) is 5.10 Å². The van der Waals surface area contributed by atoms with Gasteiger partial charge in [0.25, 0.3) is 11.8 Å². The molecule has 172 valence electrons. The SMILES string of the molecule is Cn1ccc(C(=O)Nc2cccc(NC(=O)c3ccc(COc4ccc5c(c4)CCC5)o3)c2)n1. The third kappa shape index (κ3) is 4.85. The minimum Gasteiger partial charge on any atom is -0.486 e. The number of rotatable bonds is 7. The first-order valence-electron chi connectivity index (χ1n) is 11.1. The van der Waals surface area contributed by atoms with Gasteiger partial charge >= 0.3 is 0 Å². The minimum absolute atomic E-state index is 0.176. The Morgan fingerprint density at radius 1 is 0.971 bits per heavy atom. The van der Waals surface area contributed by atoms with Crippen molar-refractivity contribution in [2.75, 3.05) is 10.6 Å². The highest BCUT2D eigenvalue weighted by Gasteiger charge is 2.15. The average molecular weight is 457 g/mol. The Kier molecular flexibility index (Phi) is 5.86. The Bertz CT molecular complexity index is 1350. The van der Waals surface area contributed by atoms with E-state index in [0.717, 1.165) is 18.6 Å². The summed E-state index contributed by atoms with van der Waals surface area (Å²) in [5, 5.41) is 9.64. The molecular weight excluding hydrogens is 432 g/mol. The molecule has 0 fully saturated rings. The molecule has 0 unspecified atom stereocenters. The summed E-state index contributed by atoms with van der Waals surface area (Å²) in [7, 11) is 1.74. The highest BCUT2D eigenvalue weighted by molar-refractivity contribution is 6.04. The van der Waals surface area contributed by atoms with Crippen LogP contribution in [-0.2, 0) is 26.5 Å². The molecule has 0 saturated heterocycles. The lowest BCUT2D eigenvalue weighted by Gasteiger charge is -2.08. The molecular formula is C26H24N4O4. The van der Waals surface area contributed by atoms with Crippen LogP contribution in [0.1, 0.15) is 44.4 Å². The van der Waals surface area contributed by atoms with Crippen LogP contribution in [0, 0.1) is 0 Å². The lowest BCUT2D eigenvalue weighted by atomic mass is 10.1. The largest absolute Gasteiger partial charge is 0.486 e. The molecule has 2 amide bonds. The van der Waals surface area contributed by atoms with Crippen LogP contribution in [0.5, 0.6) is 5.75 Å². The number of hydrogen-bond acceptors (Lipinski definition) is 5. The Morgan fingerprint density at radius 2 is 1.76 bits per heavy atom. The fourth-order valence-corrected chi connectivity index (χ4v) is 3.97. The molecule has 0 spiro atoms. The summed E-state index contributed by atoms with van der Waals surface area (Å²) in [4.78, 5) is 24.9. The quantitative estimate of drug-likeness (QED) is 0.424. The Morgan fingerprint density at radius 3 is 2.56 bits per heavy atom. The summed E-state index contributed by atoms with van der Waals surface area (Å²) < 4.78 is 13.1.